The number of rotatable bonds is 5. The van der Waals surface area contributed by atoms with E-state index < -0.39 is 0 Å². The van der Waals surface area contributed by atoms with Gasteiger partial charge in [0.2, 0.25) is 6.79 Å². The summed E-state index contributed by atoms with van der Waals surface area (Å²) < 4.78 is 10.8. The fourth-order valence-corrected chi connectivity index (χ4v) is 3.31. The third-order valence-corrected chi connectivity index (χ3v) is 4.48. The molecule has 0 spiro atoms. The number of nitrogens with one attached hydrogen (secondary N) is 1. The van der Waals surface area contributed by atoms with Crippen LogP contribution in [0.15, 0.2) is 36.4 Å². The summed E-state index contributed by atoms with van der Waals surface area (Å²) in [5.74, 6) is 1.72. The predicted molar refractivity (Wildman–Crippen MR) is 89.3 cm³/mol. The fraction of sp³-hybridized carbons (Fsp3) is 0.368. The molecule has 0 aromatic heterocycles. The summed E-state index contributed by atoms with van der Waals surface area (Å²) in [7, 11) is 0. The molecule has 0 saturated carbocycles. The van der Waals surface area contributed by atoms with E-state index >= 15 is 0 Å². The van der Waals surface area contributed by atoms with E-state index in [0.29, 0.717) is 6.79 Å². The van der Waals surface area contributed by atoms with Gasteiger partial charge < -0.3 is 14.8 Å². The zero-order valence-corrected chi connectivity index (χ0v) is 13.5. The summed E-state index contributed by atoms with van der Waals surface area (Å²) in [5, 5.41) is 3.39. The van der Waals surface area contributed by atoms with E-state index in [2.05, 4.69) is 47.5 Å². The second-order valence-corrected chi connectivity index (χ2v) is 6.22. The Kier molecular flexibility index (Phi) is 3.93. The Morgan fingerprint density at radius 1 is 0.957 bits per heavy atom. The van der Waals surface area contributed by atoms with Gasteiger partial charge in [-0.05, 0) is 40.9 Å². The molecule has 2 aromatic carbocycles. The first-order chi connectivity index (χ1) is 11.3. The Morgan fingerprint density at radius 2 is 1.78 bits per heavy atom. The van der Waals surface area contributed by atoms with Crippen LogP contribution in [0.3, 0.4) is 0 Å². The first kappa shape index (κ1) is 14.5. The molecular formula is C19H22N2O2. The van der Waals surface area contributed by atoms with Crippen LogP contribution in [0.4, 0.5) is 0 Å². The highest BCUT2D eigenvalue weighted by atomic mass is 16.7. The molecule has 4 rings (SSSR count). The molecule has 2 aliphatic heterocycles. The molecule has 0 bridgehead atoms. The smallest absolute Gasteiger partial charge is 0.231 e. The highest BCUT2D eigenvalue weighted by Gasteiger charge is 2.20. The lowest BCUT2D eigenvalue weighted by molar-refractivity contribution is 0.174. The highest BCUT2D eigenvalue weighted by Crippen LogP contribution is 2.33. The maximum absolute atomic E-state index is 5.47. The average Bonchev–Trinajstić information content (AvgIpc) is 3.17. The molecule has 4 heteroatoms. The number of ether oxygens (including phenoxy) is 2. The lowest BCUT2D eigenvalue weighted by Gasteiger charge is -2.15. The van der Waals surface area contributed by atoms with Crippen LogP contribution in [0.2, 0.25) is 0 Å². The normalized spacial score (nSPS) is 15.9. The van der Waals surface area contributed by atoms with E-state index in [-0.39, 0.29) is 0 Å². The molecule has 120 valence electrons. The second kappa shape index (κ2) is 6.22. The van der Waals surface area contributed by atoms with E-state index in [0.717, 1.165) is 44.2 Å². The van der Waals surface area contributed by atoms with E-state index in [4.69, 9.17) is 9.47 Å². The quantitative estimate of drug-likeness (QED) is 0.920. The molecular weight excluding hydrogens is 288 g/mol. The second-order valence-electron chi connectivity index (χ2n) is 6.22. The Bertz CT molecular complexity index is 715. The SMILES string of the molecule is CCNCc1ccc2c(c1)CN(Cc1ccc3c(c1)OCO3)C2. The Balaban J connectivity index is 1.43. The van der Waals surface area contributed by atoms with Crippen LogP contribution in [0.25, 0.3) is 0 Å². The van der Waals surface area contributed by atoms with Crippen molar-refractivity contribution in [3.05, 3.63) is 58.7 Å². The zero-order chi connectivity index (χ0) is 15.6. The molecule has 23 heavy (non-hydrogen) atoms. The number of fused-ring (bicyclic) bond motifs is 2. The van der Waals surface area contributed by atoms with Crippen molar-refractivity contribution in [3.8, 4) is 11.5 Å². The first-order valence-electron chi connectivity index (χ1n) is 8.24. The minimum atomic E-state index is 0.336. The molecule has 2 heterocycles. The summed E-state index contributed by atoms with van der Waals surface area (Å²) in [5.41, 5.74) is 5.55. The standard InChI is InChI=1S/C19H22N2O2/c1-2-20-9-14-3-5-16-11-21(12-17(16)7-14)10-15-4-6-18-19(8-15)23-13-22-18/h3-8,20H,2,9-13H2,1H3. The molecule has 0 saturated heterocycles. The summed E-state index contributed by atoms with van der Waals surface area (Å²) in [6.07, 6.45) is 0. The van der Waals surface area contributed by atoms with Crippen LogP contribution in [0, 0.1) is 0 Å². The topological polar surface area (TPSA) is 33.7 Å². The van der Waals surface area contributed by atoms with Crippen molar-refractivity contribution in [1.82, 2.24) is 10.2 Å². The molecule has 2 aromatic rings. The average molecular weight is 310 g/mol. The monoisotopic (exact) mass is 310 g/mol. The van der Waals surface area contributed by atoms with Gasteiger partial charge in [-0.1, -0.05) is 31.2 Å². The van der Waals surface area contributed by atoms with Gasteiger partial charge in [0, 0.05) is 26.2 Å². The van der Waals surface area contributed by atoms with Crippen molar-refractivity contribution in [2.75, 3.05) is 13.3 Å². The molecule has 0 amide bonds. The van der Waals surface area contributed by atoms with E-state index in [1.54, 1.807) is 0 Å². The summed E-state index contributed by atoms with van der Waals surface area (Å²) in [4.78, 5) is 2.47. The van der Waals surface area contributed by atoms with Gasteiger partial charge in [0.25, 0.3) is 0 Å². The maximum Gasteiger partial charge on any atom is 0.231 e. The molecule has 0 fully saturated rings. The van der Waals surface area contributed by atoms with Gasteiger partial charge >= 0.3 is 0 Å². The Hall–Kier alpha value is -2.04. The number of hydrogen-bond donors (Lipinski definition) is 1. The number of benzene rings is 2. The molecule has 2 aliphatic rings. The van der Waals surface area contributed by atoms with Crippen LogP contribution in [0.5, 0.6) is 11.5 Å². The minimum absolute atomic E-state index is 0.336. The van der Waals surface area contributed by atoms with Crippen LogP contribution in [-0.2, 0) is 26.2 Å². The number of hydrogen-bond acceptors (Lipinski definition) is 4. The van der Waals surface area contributed by atoms with Crippen molar-refractivity contribution in [1.29, 1.82) is 0 Å². The third-order valence-electron chi connectivity index (χ3n) is 4.48. The highest BCUT2D eigenvalue weighted by molar-refractivity contribution is 5.44. The van der Waals surface area contributed by atoms with Crippen LogP contribution in [0.1, 0.15) is 29.2 Å². The van der Waals surface area contributed by atoms with Gasteiger partial charge in [0.05, 0.1) is 0 Å². The largest absolute Gasteiger partial charge is 0.454 e. The Morgan fingerprint density at radius 3 is 2.70 bits per heavy atom. The van der Waals surface area contributed by atoms with E-state index in [9.17, 15) is 0 Å². The van der Waals surface area contributed by atoms with E-state index in [1.165, 1.54) is 22.3 Å². The van der Waals surface area contributed by atoms with Gasteiger partial charge in [0.15, 0.2) is 11.5 Å². The lowest BCUT2D eigenvalue weighted by atomic mass is 10.1. The fourth-order valence-electron chi connectivity index (χ4n) is 3.31. The predicted octanol–water partition coefficient (Wildman–Crippen LogP) is 3.04. The molecule has 0 unspecified atom stereocenters. The van der Waals surface area contributed by atoms with Gasteiger partial charge in [0.1, 0.15) is 0 Å². The molecule has 1 N–H and O–H groups in total. The van der Waals surface area contributed by atoms with Gasteiger partial charge in [-0.2, -0.15) is 0 Å². The maximum atomic E-state index is 5.47. The molecule has 4 nitrogen and oxygen atoms in total. The van der Waals surface area contributed by atoms with Crippen molar-refractivity contribution < 1.29 is 9.47 Å². The summed E-state index contributed by atoms with van der Waals surface area (Å²) >= 11 is 0. The Labute approximate surface area is 137 Å². The lowest BCUT2D eigenvalue weighted by Crippen LogP contribution is -2.15. The van der Waals surface area contributed by atoms with Crippen molar-refractivity contribution in [2.24, 2.45) is 0 Å². The van der Waals surface area contributed by atoms with Crippen molar-refractivity contribution >= 4 is 0 Å². The van der Waals surface area contributed by atoms with Crippen LogP contribution >= 0.6 is 0 Å². The van der Waals surface area contributed by atoms with Gasteiger partial charge in [-0.3, -0.25) is 4.90 Å². The van der Waals surface area contributed by atoms with Gasteiger partial charge in [-0.25, -0.2) is 0 Å². The van der Waals surface area contributed by atoms with Crippen molar-refractivity contribution in [2.45, 2.75) is 33.1 Å². The zero-order valence-electron chi connectivity index (χ0n) is 13.5. The molecule has 0 radical (unpaired) electrons. The minimum Gasteiger partial charge on any atom is -0.454 e. The summed E-state index contributed by atoms with van der Waals surface area (Å²) in [6.45, 7) is 7.41. The van der Waals surface area contributed by atoms with Crippen LogP contribution in [-0.4, -0.2) is 18.2 Å². The van der Waals surface area contributed by atoms with E-state index in [1.807, 2.05) is 6.07 Å². The van der Waals surface area contributed by atoms with Crippen molar-refractivity contribution in [3.63, 3.8) is 0 Å². The molecule has 0 aliphatic carbocycles. The number of nitrogens with zero attached hydrogens (tertiary/aromatic N) is 1. The van der Waals surface area contributed by atoms with Gasteiger partial charge in [-0.15, -0.1) is 0 Å². The summed E-state index contributed by atoms with van der Waals surface area (Å²) in [6, 6.07) is 13.1. The first-order valence-corrected chi connectivity index (χ1v) is 8.24. The molecule has 0 atom stereocenters. The van der Waals surface area contributed by atoms with Crippen LogP contribution < -0.4 is 14.8 Å². The third kappa shape index (κ3) is 3.05.